The van der Waals surface area contributed by atoms with Crippen LogP contribution in [0.2, 0.25) is 0 Å². The molecule has 1 aliphatic heterocycles. The van der Waals surface area contributed by atoms with Crippen molar-refractivity contribution in [3.05, 3.63) is 23.4 Å². The first-order chi connectivity index (χ1) is 9.16. The van der Waals surface area contributed by atoms with Gasteiger partial charge in [-0.1, -0.05) is 0 Å². The van der Waals surface area contributed by atoms with Crippen LogP contribution in [0.1, 0.15) is 48.5 Å². The zero-order valence-electron chi connectivity index (χ0n) is 12.0. The van der Waals surface area contributed by atoms with E-state index in [1.807, 2.05) is 27.7 Å². The number of aromatic nitrogens is 1. The molecule has 2 N–H and O–H groups in total. The molecule has 0 unspecified atom stereocenters. The molecule has 6 nitrogen and oxygen atoms in total. The van der Waals surface area contributed by atoms with Gasteiger partial charge in [0, 0.05) is 5.56 Å². The second kappa shape index (κ2) is 4.68. The van der Waals surface area contributed by atoms with Crippen molar-refractivity contribution in [1.82, 2.24) is 4.98 Å². The number of pyridine rings is 1. The van der Waals surface area contributed by atoms with Crippen molar-refractivity contribution in [2.75, 3.05) is 0 Å². The van der Waals surface area contributed by atoms with Crippen molar-refractivity contribution in [2.24, 2.45) is 5.73 Å². The molecule has 0 spiro atoms. The number of hydrogen-bond donors (Lipinski definition) is 1. The van der Waals surface area contributed by atoms with Gasteiger partial charge >= 0.3 is 7.12 Å². The third-order valence-electron chi connectivity index (χ3n) is 3.75. The molecule has 1 aromatic heterocycles. The van der Waals surface area contributed by atoms with Crippen LogP contribution in [0, 0.1) is 0 Å². The summed E-state index contributed by atoms with van der Waals surface area (Å²) in [6.07, 6.45) is 0.628. The smallest absolute Gasteiger partial charge is 0.398 e. The highest BCUT2D eigenvalue weighted by Gasteiger charge is 2.52. The van der Waals surface area contributed by atoms with E-state index < -0.39 is 24.2 Å². The Kier molecular flexibility index (Phi) is 3.43. The SMILES string of the molecule is CC1(C)OB(c2cc(C=O)cc(C(N)=O)n2)OC1(C)C. The fourth-order valence-electron chi connectivity index (χ4n) is 1.85. The van der Waals surface area contributed by atoms with Crippen LogP contribution >= 0.6 is 0 Å². The first-order valence-electron chi connectivity index (χ1n) is 6.29. The predicted molar refractivity (Wildman–Crippen MR) is 73.9 cm³/mol. The number of amides is 1. The largest absolute Gasteiger partial charge is 0.514 e. The van der Waals surface area contributed by atoms with E-state index in [9.17, 15) is 9.59 Å². The minimum atomic E-state index is -0.738. The van der Waals surface area contributed by atoms with Crippen LogP contribution in [0.3, 0.4) is 0 Å². The first-order valence-corrected chi connectivity index (χ1v) is 6.29. The Morgan fingerprint density at radius 2 is 1.80 bits per heavy atom. The van der Waals surface area contributed by atoms with Gasteiger partial charge in [0.05, 0.1) is 16.8 Å². The average molecular weight is 276 g/mol. The van der Waals surface area contributed by atoms with Crippen LogP contribution < -0.4 is 11.3 Å². The molecule has 0 radical (unpaired) electrons. The third-order valence-corrected chi connectivity index (χ3v) is 3.75. The lowest BCUT2D eigenvalue weighted by Gasteiger charge is -2.32. The summed E-state index contributed by atoms with van der Waals surface area (Å²) in [4.78, 5) is 26.3. The molecule has 0 bridgehead atoms. The zero-order valence-corrected chi connectivity index (χ0v) is 12.0. The molecule has 7 heteroatoms. The molecule has 0 aliphatic carbocycles. The van der Waals surface area contributed by atoms with Crippen LogP contribution in [0.5, 0.6) is 0 Å². The molecule has 0 saturated carbocycles. The summed E-state index contributed by atoms with van der Waals surface area (Å²) in [6.45, 7) is 7.63. The second-order valence-corrected chi connectivity index (χ2v) is 5.78. The van der Waals surface area contributed by atoms with Gasteiger partial charge in [0.15, 0.2) is 0 Å². The van der Waals surface area contributed by atoms with Crippen LogP contribution in [-0.4, -0.2) is 35.5 Å². The molecule has 1 saturated heterocycles. The van der Waals surface area contributed by atoms with Gasteiger partial charge in [0.1, 0.15) is 12.0 Å². The average Bonchev–Trinajstić information content (AvgIpc) is 2.58. The van der Waals surface area contributed by atoms with Gasteiger partial charge in [-0.05, 0) is 39.8 Å². The van der Waals surface area contributed by atoms with Crippen molar-refractivity contribution >= 4 is 24.9 Å². The molecule has 1 fully saturated rings. The topological polar surface area (TPSA) is 91.5 Å². The summed E-state index contributed by atoms with van der Waals surface area (Å²) in [5, 5.41) is 0. The lowest BCUT2D eigenvalue weighted by Crippen LogP contribution is -2.41. The van der Waals surface area contributed by atoms with Crippen molar-refractivity contribution < 1.29 is 18.9 Å². The lowest BCUT2D eigenvalue weighted by molar-refractivity contribution is 0.00578. The molecule has 20 heavy (non-hydrogen) atoms. The molecule has 2 heterocycles. The Labute approximate surface area is 117 Å². The number of nitrogens with zero attached hydrogens (tertiary/aromatic N) is 1. The molecule has 1 aliphatic rings. The van der Waals surface area contributed by atoms with E-state index in [2.05, 4.69) is 4.98 Å². The van der Waals surface area contributed by atoms with Gasteiger partial charge in [-0.3, -0.25) is 14.6 Å². The summed E-state index contributed by atoms with van der Waals surface area (Å²) in [6, 6.07) is 2.87. The van der Waals surface area contributed by atoms with E-state index in [4.69, 9.17) is 15.0 Å². The normalized spacial score (nSPS) is 19.9. The number of carbonyl (C=O) groups is 2. The summed E-state index contributed by atoms with van der Waals surface area (Å²) in [7, 11) is -0.738. The Morgan fingerprint density at radius 3 is 2.25 bits per heavy atom. The number of carbonyl (C=O) groups excluding carboxylic acids is 2. The zero-order chi connectivity index (χ0) is 15.1. The van der Waals surface area contributed by atoms with Crippen molar-refractivity contribution in [1.29, 1.82) is 0 Å². The second-order valence-electron chi connectivity index (χ2n) is 5.78. The van der Waals surface area contributed by atoms with Crippen molar-refractivity contribution in [2.45, 2.75) is 38.9 Å². The van der Waals surface area contributed by atoms with E-state index in [1.165, 1.54) is 12.1 Å². The fraction of sp³-hybridized carbons (Fsp3) is 0.462. The van der Waals surface area contributed by atoms with Crippen molar-refractivity contribution in [3.8, 4) is 0 Å². The minimum Gasteiger partial charge on any atom is -0.398 e. The predicted octanol–water partition coefficient (Wildman–Crippen LogP) is 0.292. The Hall–Kier alpha value is -1.73. The summed E-state index contributed by atoms with van der Waals surface area (Å²) in [5.74, 6) is -0.702. The van der Waals surface area contributed by atoms with E-state index in [1.54, 1.807) is 0 Å². The number of aldehydes is 1. The van der Waals surface area contributed by atoms with Gasteiger partial charge in [-0.15, -0.1) is 0 Å². The Morgan fingerprint density at radius 1 is 1.25 bits per heavy atom. The van der Waals surface area contributed by atoms with E-state index in [0.717, 1.165) is 0 Å². The van der Waals surface area contributed by atoms with Gasteiger partial charge in [0.2, 0.25) is 0 Å². The number of hydrogen-bond acceptors (Lipinski definition) is 5. The number of rotatable bonds is 3. The minimum absolute atomic E-state index is 0.0133. The van der Waals surface area contributed by atoms with E-state index in [-0.39, 0.29) is 5.69 Å². The summed E-state index contributed by atoms with van der Waals surface area (Å²) >= 11 is 0. The highest BCUT2D eigenvalue weighted by atomic mass is 16.7. The van der Waals surface area contributed by atoms with Gasteiger partial charge < -0.3 is 15.0 Å². The molecule has 106 valence electrons. The van der Waals surface area contributed by atoms with Crippen LogP contribution in [0.15, 0.2) is 12.1 Å². The standard InChI is InChI=1S/C13H17BN2O4/c1-12(2)13(3,4)20-14(19-12)10-6-8(7-17)5-9(16-10)11(15)18/h5-7H,1-4H3,(H2,15,18). The summed E-state index contributed by atoms with van der Waals surface area (Å²) in [5.41, 5.74) is 4.84. The van der Waals surface area contributed by atoms with Crippen molar-refractivity contribution in [3.63, 3.8) is 0 Å². The molecule has 0 aromatic carbocycles. The molecule has 1 aromatic rings. The Bertz CT molecular complexity index is 555. The number of nitrogens with two attached hydrogens (primary N) is 1. The van der Waals surface area contributed by atoms with E-state index in [0.29, 0.717) is 17.4 Å². The number of primary amides is 1. The maximum absolute atomic E-state index is 11.3. The fourth-order valence-corrected chi connectivity index (χ4v) is 1.85. The maximum Gasteiger partial charge on any atom is 0.514 e. The highest BCUT2D eigenvalue weighted by Crippen LogP contribution is 2.36. The van der Waals surface area contributed by atoms with Gasteiger partial charge in [0.25, 0.3) is 5.91 Å². The highest BCUT2D eigenvalue weighted by molar-refractivity contribution is 6.61. The maximum atomic E-state index is 11.3. The summed E-state index contributed by atoms with van der Waals surface area (Å²) < 4.78 is 11.7. The molecular formula is C13H17BN2O4. The lowest BCUT2D eigenvalue weighted by atomic mass is 9.83. The Balaban J connectivity index is 2.42. The monoisotopic (exact) mass is 276 g/mol. The third kappa shape index (κ3) is 2.46. The first kappa shape index (κ1) is 14.7. The van der Waals surface area contributed by atoms with Gasteiger partial charge in [-0.2, -0.15) is 0 Å². The molecule has 2 rings (SSSR count). The van der Waals surface area contributed by atoms with Crippen LogP contribution in [-0.2, 0) is 9.31 Å². The molecule has 1 amide bonds. The van der Waals surface area contributed by atoms with E-state index >= 15 is 0 Å². The molecular weight excluding hydrogens is 259 g/mol. The van der Waals surface area contributed by atoms with Crippen LogP contribution in [0.25, 0.3) is 0 Å². The quantitative estimate of drug-likeness (QED) is 0.633. The molecule has 0 atom stereocenters. The van der Waals surface area contributed by atoms with Gasteiger partial charge in [-0.25, -0.2) is 0 Å². The van der Waals surface area contributed by atoms with Crippen LogP contribution in [0.4, 0.5) is 0 Å².